The first-order valence-corrected chi connectivity index (χ1v) is 7.13. The monoisotopic (exact) mass is 245 g/mol. The Morgan fingerprint density at radius 3 is 2.44 bits per heavy atom. The molecule has 0 saturated heterocycles. The maximum atomic E-state index is 12.7. The van der Waals surface area contributed by atoms with Crippen LogP contribution in [0.1, 0.15) is 53.9 Å². The van der Waals surface area contributed by atoms with Gasteiger partial charge in [-0.05, 0) is 43.5 Å². The largest absolute Gasteiger partial charge is 0.313 e. The van der Waals surface area contributed by atoms with Gasteiger partial charge in [0.05, 0.1) is 13.8 Å². The summed E-state index contributed by atoms with van der Waals surface area (Å²) in [7, 11) is 6.48. The molecule has 2 atom stereocenters. The zero-order valence-corrected chi connectivity index (χ0v) is 12.3. The highest BCUT2D eigenvalue weighted by molar-refractivity contribution is 6.18. The molecule has 0 spiro atoms. The molecule has 2 unspecified atom stereocenters. The molecule has 0 aromatic heterocycles. The molecule has 0 bridgehead atoms. The lowest BCUT2D eigenvalue weighted by atomic mass is 9.56. The van der Waals surface area contributed by atoms with Crippen LogP contribution in [0.4, 0.5) is 0 Å². The molecule has 0 saturated carbocycles. The summed E-state index contributed by atoms with van der Waals surface area (Å²) in [5, 5.41) is -0.304. The van der Waals surface area contributed by atoms with E-state index in [0.29, 0.717) is 5.92 Å². The van der Waals surface area contributed by atoms with Crippen LogP contribution in [0.5, 0.6) is 0 Å². The molecule has 3 heteroatoms. The van der Waals surface area contributed by atoms with Crippen molar-refractivity contribution in [1.29, 1.82) is 0 Å². The van der Waals surface area contributed by atoms with Crippen molar-refractivity contribution in [2.24, 2.45) is 11.8 Å². The third-order valence-corrected chi connectivity index (χ3v) is 4.32. The molecule has 18 heavy (non-hydrogen) atoms. The Morgan fingerprint density at radius 2 is 1.94 bits per heavy atom. The summed E-state index contributed by atoms with van der Waals surface area (Å²) in [6.45, 7) is 10.5. The van der Waals surface area contributed by atoms with E-state index >= 15 is 0 Å². The van der Waals surface area contributed by atoms with Crippen molar-refractivity contribution in [3.63, 3.8) is 0 Å². The van der Waals surface area contributed by atoms with Crippen LogP contribution in [0, 0.1) is 11.8 Å². The van der Waals surface area contributed by atoms with Crippen molar-refractivity contribution < 1.29 is 4.79 Å². The zero-order chi connectivity index (χ0) is 13.7. The summed E-state index contributed by atoms with van der Waals surface area (Å²) in [6.07, 6.45) is 3.09. The van der Waals surface area contributed by atoms with Crippen LogP contribution < -0.4 is 0 Å². The smallest absolute Gasteiger partial charge is 0.234 e. The summed E-state index contributed by atoms with van der Waals surface area (Å²) >= 11 is 0. The van der Waals surface area contributed by atoms with Gasteiger partial charge in [-0.15, -0.1) is 0 Å². The minimum atomic E-state index is -0.304. The van der Waals surface area contributed by atoms with E-state index in [1.807, 2.05) is 4.90 Å². The predicted molar refractivity (Wildman–Crippen MR) is 75.3 cm³/mol. The minimum Gasteiger partial charge on any atom is -0.313 e. The van der Waals surface area contributed by atoms with Gasteiger partial charge >= 0.3 is 0 Å². The Kier molecular flexibility index (Phi) is 3.37. The lowest BCUT2D eigenvalue weighted by Crippen LogP contribution is -2.35. The van der Waals surface area contributed by atoms with Gasteiger partial charge in [-0.2, -0.15) is 0 Å². The Bertz CT molecular complexity index is 395. The van der Waals surface area contributed by atoms with Gasteiger partial charge in [0.25, 0.3) is 0 Å². The zero-order valence-electron chi connectivity index (χ0n) is 12.3. The molecule has 98 valence electrons. The van der Waals surface area contributed by atoms with E-state index in [-0.39, 0.29) is 23.2 Å². The van der Waals surface area contributed by atoms with E-state index in [9.17, 15) is 4.79 Å². The summed E-state index contributed by atoms with van der Waals surface area (Å²) in [4.78, 5) is 14.7. The molecule has 0 N–H and O–H groups in total. The molecular weight excluding hydrogens is 221 g/mol. The first-order chi connectivity index (χ1) is 8.27. The molecule has 0 fully saturated rings. The molecule has 0 aromatic carbocycles. The SMILES string of the molecule is [B]C1(C)CCCC2=C1C(C(C)C)C(=O)N2C(C)C. The number of amides is 1. The van der Waals surface area contributed by atoms with Crippen molar-refractivity contribution in [3.8, 4) is 0 Å². The number of carbonyl (C=O) groups is 1. The number of hydrogen-bond acceptors (Lipinski definition) is 1. The molecule has 1 aliphatic carbocycles. The van der Waals surface area contributed by atoms with Gasteiger partial charge in [0.15, 0.2) is 0 Å². The quantitative estimate of drug-likeness (QED) is 0.683. The first kappa shape index (κ1) is 13.7. The second kappa shape index (κ2) is 4.43. The van der Waals surface area contributed by atoms with Crippen molar-refractivity contribution in [2.45, 2.75) is 65.2 Å². The van der Waals surface area contributed by atoms with Gasteiger partial charge in [0, 0.05) is 11.7 Å². The third-order valence-electron chi connectivity index (χ3n) is 4.32. The second-order valence-corrected chi connectivity index (χ2v) is 6.66. The first-order valence-electron chi connectivity index (χ1n) is 7.13. The number of carbonyl (C=O) groups excluding carboxylic acids is 1. The summed E-state index contributed by atoms with van der Waals surface area (Å²) in [6, 6.07) is 0.236. The maximum Gasteiger partial charge on any atom is 0.234 e. The normalized spacial score (nSPS) is 32.7. The fraction of sp³-hybridized carbons (Fsp3) is 0.800. The molecule has 1 heterocycles. The third kappa shape index (κ3) is 1.92. The lowest BCUT2D eigenvalue weighted by molar-refractivity contribution is -0.133. The predicted octanol–water partition coefficient (Wildman–Crippen LogP) is 3.29. The second-order valence-electron chi connectivity index (χ2n) is 6.66. The number of allylic oxidation sites excluding steroid dienone is 1. The molecule has 2 nitrogen and oxygen atoms in total. The highest BCUT2D eigenvalue weighted by Crippen LogP contribution is 2.54. The van der Waals surface area contributed by atoms with Crippen LogP contribution >= 0.6 is 0 Å². The highest BCUT2D eigenvalue weighted by Gasteiger charge is 2.48. The highest BCUT2D eigenvalue weighted by atomic mass is 16.2. The van der Waals surface area contributed by atoms with Gasteiger partial charge in [0.1, 0.15) is 0 Å². The fourth-order valence-corrected chi connectivity index (χ4v) is 3.60. The molecule has 2 aliphatic rings. The van der Waals surface area contributed by atoms with Crippen molar-refractivity contribution in [1.82, 2.24) is 4.90 Å². The van der Waals surface area contributed by atoms with E-state index in [1.165, 1.54) is 11.3 Å². The van der Waals surface area contributed by atoms with Crippen molar-refractivity contribution in [2.75, 3.05) is 0 Å². The van der Waals surface area contributed by atoms with Crippen LogP contribution in [0.25, 0.3) is 0 Å². The van der Waals surface area contributed by atoms with Crippen LogP contribution in [0.2, 0.25) is 5.31 Å². The van der Waals surface area contributed by atoms with Gasteiger partial charge in [-0.3, -0.25) is 4.79 Å². The van der Waals surface area contributed by atoms with Gasteiger partial charge in [0.2, 0.25) is 5.91 Å². The van der Waals surface area contributed by atoms with E-state index in [0.717, 1.165) is 19.3 Å². The Balaban J connectivity index is 2.53. The van der Waals surface area contributed by atoms with Crippen LogP contribution in [-0.4, -0.2) is 24.7 Å². The van der Waals surface area contributed by atoms with E-state index in [1.54, 1.807) is 0 Å². The molecule has 2 radical (unpaired) electrons. The molecule has 1 amide bonds. The standard InChI is InChI=1S/C15H24BNO/c1-9(2)12-13-11(7-6-8-15(13,5)16)17(10(3)4)14(12)18/h9-10,12H,6-8H2,1-5H3. The van der Waals surface area contributed by atoms with Gasteiger partial charge in [-0.25, -0.2) is 0 Å². The van der Waals surface area contributed by atoms with Gasteiger partial charge in [-0.1, -0.05) is 27.2 Å². The Hall–Kier alpha value is -0.725. The number of nitrogens with zero attached hydrogens (tertiary/aromatic N) is 1. The van der Waals surface area contributed by atoms with E-state index in [2.05, 4.69) is 34.6 Å². The lowest BCUT2D eigenvalue weighted by Gasteiger charge is -2.36. The fourth-order valence-electron chi connectivity index (χ4n) is 3.60. The average molecular weight is 245 g/mol. The van der Waals surface area contributed by atoms with Crippen molar-refractivity contribution in [3.05, 3.63) is 11.3 Å². The Morgan fingerprint density at radius 1 is 1.33 bits per heavy atom. The molecule has 2 rings (SSSR count). The number of rotatable bonds is 2. The van der Waals surface area contributed by atoms with Gasteiger partial charge < -0.3 is 4.90 Å². The summed E-state index contributed by atoms with van der Waals surface area (Å²) in [5.41, 5.74) is 2.45. The molecule has 1 aliphatic heterocycles. The van der Waals surface area contributed by atoms with Crippen LogP contribution in [0.15, 0.2) is 11.3 Å². The number of hydrogen-bond donors (Lipinski definition) is 0. The average Bonchev–Trinajstić information content (AvgIpc) is 2.51. The molecule has 0 aromatic rings. The Labute approximate surface area is 112 Å². The van der Waals surface area contributed by atoms with Crippen molar-refractivity contribution >= 4 is 13.8 Å². The maximum absolute atomic E-state index is 12.7. The topological polar surface area (TPSA) is 20.3 Å². The minimum absolute atomic E-state index is 0.00213. The van der Waals surface area contributed by atoms with Crippen LogP contribution in [0.3, 0.4) is 0 Å². The summed E-state index contributed by atoms with van der Waals surface area (Å²) in [5.74, 6) is 0.591. The van der Waals surface area contributed by atoms with Crippen LogP contribution in [-0.2, 0) is 4.79 Å². The summed E-state index contributed by atoms with van der Waals surface area (Å²) < 4.78 is 0. The van der Waals surface area contributed by atoms with E-state index in [4.69, 9.17) is 7.85 Å². The molecular formula is C15H24BNO. The van der Waals surface area contributed by atoms with E-state index < -0.39 is 0 Å².